The average Bonchev–Trinajstić information content (AvgIpc) is 3.07. The summed E-state index contributed by atoms with van der Waals surface area (Å²) in [5, 5.41) is 8.14. The molecule has 0 atom stereocenters. The second-order valence-electron chi connectivity index (χ2n) is 6.67. The molecule has 8 heteroatoms. The fourth-order valence-corrected chi connectivity index (χ4v) is 3.49. The van der Waals surface area contributed by atoms with Crippen LogP contribution in [0, 0.1) is 0 Å². The maximum atomic E-state index is 5.57. The smallest absolute Gasteiger partial charge is 0.257 e. The SMILES string of the molecule is S=C(Nc1cccnc1)N1CCCN(Cc2noc(-c3ccccc3)n2)CC1. The van der Waals surface area contributed by atoms with Crippen LogP contribution in [-0.4, -0.2) is 56.2 Å². The summed E-state index contributed by atoms with van der Waals surface area (Å²) in [4.78, 5) is 13.2. The first-order valence-electron chi connectivity index (χ1n) is 9.34. The minimum atomic E-state index is 0.564. The Balaban J connectivity index is 1.32. The first-order chi connectivity index (χ1) is 13.8. The molecule has 1 N–H and O–H groups in total. The molecule has 1 aliphatic heterocycles. The molecule has 28 heavy (non-hydrogen) atoms. The Morgan fingerprint density at radius 2 is 1.96 bits per heavy atom. The number of anilines is 1. The van der Waals surface area contributed by atoms with Gasteiger partial charge in [0.2, 0.25) is 0 Å². The number of thiocarbonyl (C=S) groups is 1. The molecule has 4 rings (SSSR count). The first-order valence-corrected chi connectivity index (χ1v) is 9.75. The topological polar surface area (TPSA) is 70.3 Å². The van der Waals surface area contributed by atoms with E-state index in [1.807, 2.05) is 42.5 Å². The molecule has 1 fully saturated rings. The third-order valence-electron chi connectivity index (χ3n) is 4.64. The highest BCUT2D eigenvalue weighted by Gasteiger charge is 2.19. The van der Waals surface area contributed by atoms with Crippen LogP contribution in [0.2, 0.25) is 0 Å². The van der Waals surface area contributed by atoms with Crippen LogP contribution in [0.1, 0.15) is 12.2 Å². The van der Waals surface area contributed by atoms with Crippen molar-refractivity contribution in [1.29, 1.82) is 0 Å². The van der Waals surface area contributed by atoms with E-state index >= 15 is 0 Å². The summed E-state index contributed by atoms with van der Waals surface area (Å²) in [6.45, 7) is 4.32. The molecule has 0 amide bonds. The van der Waals surface area contributed by atoms with E-state index in [4.69, 9.17) is 16.7 Å². The van der Waals surface area contributed by atoms with Crippen molar-refractivity contribution in [3.05, 3.63) is 60.7 Å². The Hall–Kier alpha value is -2.84. The number of hydrogen-bond acceptors (Lipinski definition) is 6. The lowest BCUT2D eigenvalue weighted by molar-refractivity contribution is 0.266. The number of pyridine rings is 1. The molecule has 0 unspecified atom stereocenters. The monoisotopic (exact) mass is 394 g/mol. The van der Waals surface area contributed by atoms with Crippen molar-refractivity contribution in [2.24, 2.45) is 0 Å². The van der Waals surface area contributed by atoms with E-state index < -0.39 is 0 Å². The summed E-state index contributed by atoms with van der Waals surface area (Å²) in [7, 11) is 0. The van der Waals surface area contributed by atoms with Crippen LogP contribution in [-0.2, 0) is 6.54 Å². The van der Waals surface area contributed by atoms with Crippen molar-refractivity contribution < 1.29 is 4.52 Å². The predicted molar refractivity (Wildman–Crippen MR) is 112 cm³/mol. The van der Waals surface area contributed by atoms with Crippen LogP contribution in [0.25, 0.3) is 11.5 Å². The summed E-state index contributed by atoms with van der Waals surface area (Å²) in [6, 6.07) is 13.7. The van der Waals surface area contributed by atoms with Gasteiger partial charge < -0.3 is 14.7 Å². The number of nitrogens with zero attached hydrogens (tertiary/aromatic N) is 5. The molecular formula is C20H22N6OS. The van der Waals surface area contributed by atoms with E-state index in [0.717, 1.165) is 49.0 Å². The van der Waals surface area contributed by atoms with Crippen molar-refractivity contribution in [1.82, 2.24) is 24.9 Å². The van der Waals surface area contributed by atoms with Gasteiger partial charge in [0.1, 0.15) is 0 Å². The standard InChI is InChI=1S/C20H22N6OS/c28-20(22-17-8-4-9-21-14-17)26-11-5-10-25(12-13-26)15-18-23-19(27-24-18)16-6-2-1-3-7-16/h1-4,6-9,14H,5,10-13,15H2,(H,22,28). The van der Waals surface area contributed by atoms with E-state index in [0.29, 0.717) is 18.3 Å². The van der Waals surface area contributed by atoms with Gasteiger partial charge in [0, 0.05) is 37.9 Å². The molecule has 1 aliphatic rings. The Bertz CT molecular complexity index is 901. The lowest BCUT2D eigenvalue weighted by Gasteiger charge is -2.24. The van der Waals surface area contributed by atoms with Crippen molar-refractivity contribution >= 4 is 23.0 Å². The predicted octanol–water partition coefficient (Wildman–Crippen LogP) is 3.04. The van der Waals surface area contributed by atoms with Gasteiger partial charge in [-0.2, -0.15) is 4.98 Å². The molecule has 3 aromatic rings. The van der Waals surface area contributed by atoms with Gasteiger partial charge in [-0.1, -0.05) is 23.4 Å². The summed E-state index contributed by atoms with van der Waals surface area (Å²) in [5.41, 5.74) is 1.85. The molecule has 7 nitrogen and oxygen atoms in total. The van der Waals surface area contributed by atoms with Gasteiger partial charge in [-0.3, -0.25) is 9.88 Å². The Kier molecular flexibility index (Phi) is 5.89. The van der Waals surface area contributed by atoms with Crippen LogP contribution in [0.15, 0.2) is 59.4 Å². The molecule has 0 saturated carbocycles. The van der Waals surface area contributed by atoms with Gasteiger partial charge in [-0.05, 0) is 42.9 Å². The minimum absolute atomic E-state index is 0.564. The Morgan fingerprint density at radius 3 is 2.79 bits per heavy atom. The number of aromatic nitrogens is 3. The van der Waals surface area contributed by atoms with E-state index in [1.54, 1.807) is 12.4 Å². The van der Waals surface area contributed by atoms with Crippen molar-refractivity contribution in [2.45, 2.75) is 13.0 Å². The molecule has 0 radical (unpaired) electrons. The molecular weight excluding hydrogens is 372 g/mol. The summed E-state index contributed by atoms with van der Waals surface area (Å²) < 4.78 is 5.41. The Labute approximate surface area is 169 Å². The normalized spacial score (nSPS) is 15.2. The van der Waals surface area contributed by atoms with Gasteiger partial charge in [-0.25, -0.2) is 0 Å². The van der Waals surface area contributed by atoms with E-state index in [1.165, 1.54) is 0 Å². The quantitative estimate of drug-likeness (QED) is 0.677. The van der Waals surface area contributed by atoms with Gasteiger partial charge in [0.05, 0.1) is 18.4 Å². The number of hydrogen-bond donors (Lipinski definition) is 1. The highest BCUT2D eigenvalue weighted by Crippen LogP contribution is 2.17. The van der Waals surface area contributed by atoms with Crippen molar-refractivity contribution in [2.75, 3.05) is 31.5 Å². The van der Waals surface area contributed by atoms with Gasteiger partial charge in [-0.15, -0.1) is 0 Å². The van der Waals surface area contributed by atoms with Crippen LogP contribution >= 0.6 is 12.2 Å². The molecule has 2 aromatic heterocycles. The van der Waals surface area contributed by atoms with Gasteiger partial charge in [0.25, 0.3) is 5.89 Å². The van der Waals surface area contributed by atoms with E-state index in [2.05, 4.69) is 30.2 Å². The van der Waals surface area contributed by atoms with Crippen LogP contribution in [0.3, 0.4) is 0 Å². The lowest BCUT2D eigenvalue weighted by Crippen LogP contribution is -2.37. The first kappa shape index (κ1) is 18.5. The third kappa shape index (κ3) is 4.71. The fraction of sp³-hybridized carbons (Fsp3) is 0.300. The van der Waals surface area contributed by atoms with Crippen LogP contribution < -0.4 is 5.32 Å². The second-order valence-corrected chi connectivity index (χ2v) is 7.06. The maximum absolute atomic E-state index is 5.57. The zero-order valence-corrected chi connectivity index (χ0v) is 16.3. The highest BCUT2D eigenvalue weighted by atomic mass is 32.1. The van der Waals surface area contributed by atoms with E-state index in [-0.39, 0.29) is 0 Å². The van der Waals surface area contributed by atoms with Gasteiger partial charge in [0.15, 0.2) is 10.9 Å². The van der Waals surface area contributed by atoms with Crippen molar-refractivity contribution in [3.8, 4) is 11.5 Å². The zero-order valence-electron chi connectivity index (χ0n) is 15.5. The Morgan fingerprint density at radius 1 is 1.07 bits per heavy atom. The molecule has 144 valence electrons. The highest BCUT2D eigenvalue weighted by molar-refractivity contribution is 7.80. The van der Waals surface area contributed by atoms with Crippen LogP contribution in [0.5, 0.6) is 0 Å². The number of nitrogens with one attached hydrogen (secondary N) is 1. The molecule has 1 saturated heterocycles. The molecule has 3 heterocycles. The average molecular weight is 395 g/mol. The maximum Gasteiger partial charge on any atom is 0.257 e. The second kappa shape index (κ2) is 8.90. The number of benzene rings is 1. The molecule has 1 aromatic carbocycles. The lowest BCUT2D eigenvalue weighted by atomic mass is 10.2. The minimum Gasteiger partial charge on any atom is -0.348 e. The fourth-order valence-electron chi connectivity index (χ4n) is 3.19. The van der Waals surface area contributed by atoms with Gasteiger partial charge >= 0.3 is 0 Å². The van der Waals surface area contributed by atoms with E-state index in [9.17, 15) is 0 Å². The summed E-state index contributed by atoms with van der Waals surface area (Å²) >= 11 is 5.57. The molecule has 0 bridgehead atoms. The van der Waals surface area contributed by atoms with Crippen LogP contribution in [0.4, 0.5) is 5.69 Å². The molecule has 0 aliphatic carbocycles. The van der Waals surface area contributed by atoms with Crippen molar-refractivity contribution in [3.63, 3.8) is 0 Å². The summed E-state index contributed by atoms with van der Waals surface area (Å²) in [6.07, 6.45) is 4.55. The third-order valence-corrected chi connectivity index (χ3v) is 5.00. The largest absolute Gasteiger partial charge is 0.348 e. The zero-order chi connectivity index (χ0) is 19.2. The molecule has 0 spiro atoms. The summed E-state index contributed by atoms with van der Waals surface area (Å²) in [5.74, 6) is 1.28. The number of rotatable bonds is 4.